The van der Waals surface area contributed by atoms with Gasteiger partial charge in [0.1, 0.15) is 12.4 Å². The molecule has 1 atom stereocenters. The Balaban J connectivity index is 1.30. The number of primary amides is 1. The van der Waals surface area contributed by atoms with Crippen LogP contribution in [0.15, 0.2) is 78.9 Å². The van der Waals surface area contributed by atoms with Crippen molar-refractivity contribution in [3.63, 3.8) is 0 Å². The van der Waals surface area contributed by atoms with E-state index >= 15 is 0 Å². The van der Waals surface area contributed by atoms with Crippen LogP contribution >= 0.6 is 11.6 Å². The van der Waals surface area contributed by atoms with Crippen molar-refractivity contribution < 1.29 is 14.7 Å². The number of rotatable bonds is 9. The molecule has 0 aliphatic carbocycles. The van der Waals surface area contributed by atoms with Crippen LogP contribution in [0.5, 0.6) is 5.75 Å². The van der Waals surface area contributed by atoms with Crippen LogP contribution in [0.1, 0.15) is 22.7 Å². The lowest BCUT2D eigenvalue weighted by atomic mass is 9.96. The first-order valence-corrected chi connectivity index (χ1v) is 12.1. The minimum atomic E-state index is -0.888. The first-order valence-electron chi connectivity index (χ1n) is 11.7. The van der Waals surface area contributed by atoms with Crippen LogP contribution in [-0.2, 0) is 6.54 Å². The Morgan fingerprint density at radius 2 is 1.66 bits per heavy atom. The number of ether oxygens (including phenoxy) is 1. The van der Waals surface area contributed by atoms with Gasteiger partial charge >= 0.3 is 6.03 Å². The average molecular weight is 495 g/mol. The minimum Gasteiger partial charge on any atom is -0.492 e. The molecule has 8 heteroatoms. The van der Waals surface area contributed by atoms with Crippen molar-refractivity contribution in [2.75, 3.05) is 39.3 Å². The second-order valence-electron chi connectivity index (χ2n) is 8.63. The number of hydrogen-bond donors (Lipinski definition) is 2. The molecule has 4 rings (SSSR count). The molecule has 1 saturated heterocycles. The number of benzene rings is 3. The van der Waals surface area contributed by atoms with Gasteiger partial charge in [0.15, 0.2) is 0 Å². The number of piperazine rings is 1. The molecular weight excluding hydrogens is 464 g/mol. The van der Waals surface area contributed by atoms with Gasteiger partial charge in [-0.15, -0.1) is 0 Å². The van der Waals surface area contributed by atoms with Crippen molar-refractivity contribution in [1.29, 1.82) is 0 Å². The molecule has 3 aromatic rings. The van der Waals surface area contributed by atoms with Gasteiger partial charge in [0.25, 0.3) is 0 Å². The number of amides is 2. The van der Waals surface area contributed by atoms with E-state index in [1.807, 2.05) is 36.4 Å². The lowest BCUT2D eigenvalue weighted by Gasteiger charge is -2.39. The zero-order valence-corrected chi connectivity index (χ0v) is 20.3. The Morgan fingerprint density at radius 1 is 0.971 bits per heavy atom. The second-order valence-corrected chi connectivity index (χ2v) is 9.07. The fourth-order valence-electron chi connectivity index (χ4n) is 4.42. The SMILES string of the molecule is NC(=O)N(O)Cc1cccc(OCCN2CCN(C(c3ccccc3)c3ccc(Cl)cc3)CC2)c1. The molecule has 1 aliphatic heterocycles. The molecule has 184 valence electrons. The molecule has 1 aliphatic rings. The summed E-state index contributed by atoms with van der Waals surface area (Å²) in [7, 11) is 0. The zero-order valence-electron chi connectivity index (χ0n) is 19.6. The van der Waals surface area contributed by atoms with Crippen molar-refractivity contribution >= 4 is 17.6 Å². The van der Waals surface area contributed by atoms with E-state index in [2.05, 4.69) is 46.2 Å². The zero-order chi connectivity index (χ0) is 24.6. The Labute approximate surface area is 211 Å². The molecular formula is C27H31ClN4O3. The fraction of sp³-hybridized carbons (Fsp3) is 0.296. The summed E-state index contributed by atoms with van der Waals surface area (Å²) in [5.41, 5.74) is 8.35. The number of hydroxylamine groups is 2. The van der Waals surface area contributed by atoms with Gasteiger partial charge in [-0.05, 0) is 41.0 Å². The summed E-state index contributed by atoms with van der Waals surface area (Å²) >= 11 is 6.14. The smallest absolute Gasteiger partial charge is 0.338 e. The van der Waals surface area contributed by atoms with Gasteiger partial charge in [-0.25, -0.2) is 9.86 Å². The van der Waals surface area contributed by atoms with Gasteiger partial charge in [0.2, 0.25) is 0 Å². The van der Waals surface area contributed by atoms with Crippen LogP contribution in [-0.4, -0.2) is 65.4 Å². The van der Waals surface area contributed by atoms with Gasteiger partial charge in [0, 0.05) is 37.7 Å². The molecule has 3 N–H and O–H groups in total. The molecule has 0 radical (unpaired) electrons. The molecule has 35 heavy (non-hydrogen) atoms. The number of hydrogen-bond acceptors (Lipinski definition) is 5. The van der Waals surface area contributed by atoms with Crippen molar-refractivity contribution in [3.05, 3.63) is 101 Å². The summed E-state index contributed by atoms with van der Waals surface area (Å²) < 4.78 is 5.93. The molecule has 0 aromatic heterocycles. The predicted octanol–water partition coefficient (Wildman–Crippen LogP) is 4.40. The number of nitrogens with two attached hydrogens (primary N) is 1. The van der Waals surface area contributed by atoms with E-state index in [1.54, 1.807) is 6.07 Å². The summed E-state index contributed by atoms with van der Waals surface area (Å²) in [4.78, 5) is 16.0. The van der Waals surface area contributed by atoms with Crippen molar-refractivity contribution in [2.45, 2.75) is 12.6 Å². The molecule has 7 nitrogen and oxygen atoms in total. The molecule has 2 amide bonds. The highest BCUT2D eigenvalue weighted by Crippen LogP contribution is 2.30. The molecule has 0 bridgehead atoms. The van der Waals surface area contributed by atoms with Gasteiger partial charge in [-0.1, -0.05) is 66.2 Å². The maximum absolute atomic E-state index is 11.0. The Hall–Kier alpha value is -3.10. The second kappa shape index (κ2) is 12.0. The third-order valence-electron chi connectivity index (χ3n) is 6.23. The standard InChI is InChI=1S/C27H31ClN4O3/c28-24-11-9-23(10-12-24)26(22-6-2-1-3-7-22)31-15-13-30(14-16-31)17-18-35-25-8-4-5-21(19-25)20-32(34)27(29)33/h1-12,19,26,34H,13-18,20H2,(H2,29,33). The van der Waals surface area contributed by atoms with Gasteiger partial charge in [0.05, 0.1) is 12.6 Å². The van der Waals surface area contributed by atoms with Crippen LogP contribution in [0.3, 0.4) is 0 Å². The van der Waals surface area contributed by atoms with Crippen molar-refractivity contribution in [3.8, 4) is 5.75 Å². The maximum atomic E-state index is 11.0. The summed E-state index contributed by atoms with van der Waals surface area (Å²) in [6.45, 7) is 5.22. The van der Waals surface area contributed by atoms with Crippen LogP contribution in [0.4, 0.5) is 4.79 Å². The Kier molecular flexibility index (Phi) is 8.60. The van der Waals surface area contributed by atoms with Crippen molar-refractivity contribution in [1.82, 2.24) is 14.9 Å². The van der Waals surface area contributed by atoms with Crippen LogP contribution in [0.25, 0.3) is 0 Å². The number of halogens is 1. The normalized spacial score (nSPS) is 15.5. The third-order valence-corrected chi connectivity index (χ3v) is 6.49. The molecule has 1 heterocycles. The van der Waals surface area contributed by atoms with Gasteiger partial charge in [-0.3, -0.25) is 15.0 Å². The molecule has 0 spiro atoms. The molecule has 1 unspecified atom stereocenters. The lowest BCUT2D eigenvalue weighted by Crippen LogP contribution is -2.48. The largest absolute Gasteiger partial charge is 0.492 e. The van der Waals surface area contributed by atoms with E-state index in [1.165, 1.54) is 11.1 Å². The number of carbonyl (C=O) groups excluding carboxylic acids is 1. The van der Waals surface area contributed by atoms with Crippen LogP contribution in [0, 0.1) is 0 Å². The Bertz CT molecular complexity index is 1090. The van der Waals surface area contributed by atoms with E-state index in [9.17, 15) is 10.0 Å². The highest BCUT2D eigenvalue weighted by molar-refractivity contribution is 6.30. The first-order chi connectivity index (χ1) is 17.0. The summed E-state index contributed by atoms with van der Waals surface area (Å²) in [6, 6.07) is 25.4. The highest BCUT2D eigenvalue weighted by Gasteiger charge is 2.26. The van der Waals surface area contributed by atoms with Crippen LogP contribution in [0.2, 0.25) is 5.02 Å². The first kappa shape index (κ1) is 25.0. The van der Waals surface area contributed by atoms with E-state index in [-0.39, 0.29) is 12.6 Å². The summed E-state index contributed by atoms with van der Waals surface area (Å²) in [5, 5.41) is 10.8. The van der Waals surface area contributed by atoms with E-state index < -0.39 is 6.03 Å². The van der Waals surface area contributed by atoms with E-state index in [0.29, 0.717) is 17.4 Å². The summed E-state index contributed by atoms with van der Waals surface area (Å²) in [6.07, 6.45) is 0. The number of nitrogens with zero attached hydrogens (tertiary/aromatic N) is 3. The quantitative estimate of drug-likeness (QED) is 0.340. The summed E-state index contributed by atoms with van der Waals surface area (Å²) in [5.74, 6) is 0.700. The minimum absolute atomic E-state index is 0.0185. The highest BCUT2D eigenvalue weighted by atomic mass is 35.5. The van der Waals surface area contributed by atoms with Crippen LogP contribution < -0.4 is 10.5 Å². The average Bonchev–Trinajstić information content (AvgIpc) is 2.87. The van der Waals surface area contributed by atoms with Crippen molar-refractivity contribution in [2.24, 2.45) is 5.73 Å². The molecule has 3 aromatic carbocycles. The number of carbonyl (C=O) groups is 1. The van der Waals surface area contributed by atoms with Gasteiger partial charge < -0.3 is 10.5 Å². The third kappa shape index (κ3) is 6.96. The fourth-order valence-corrected chi connectivity index (χ4v) is 4.54. The predicted molar refractivity (Wildman–Crippen MR) is 137 cm³/mol. The monoisotopic (exact) mass is 494 g/mol. The van der Waals surface area contributed by atoms with E-state index in [0.717, 1.165) is 43.3 Å². The number of urea groups is 1. The van der Waals surface area contributed by atoms with E-state index in [4.69, 9.17) is 22.1 Å². The molecule has 0 saturated carbocycles. The topological polar surface area (TPSA) is 82.3 Å². The Morgan fingerprint density at radius 3 is 2.34 bits per heavy atom. The molecule has 1 fully saturated rings. The maximum Gasteiger partial charge on any atom is 0.338 e. The van der Waals surface area contributed by atoms with Gasteiger partial charge in [-0.2, -0.15) is 0 Å². The lowest BCUT2D eigenvalue weighted by molar-refractivity contribution is -0.0470.